The van der Waals surface area contributed by atoms with Crippen LogP contribution in [0, 0.1) is 0 Å². The Balaban J connectivity index is 1.48. The molecule has 0 bridgehead atoms. The summed E-state index contributed by atoms with van der Waals surface area (Å²) in [4.78, 5) is 30.6. The van der Waals surface area contributed by atoms with E-state index >= 15 is 0 Å². The summed E-state index contributed by atoms with van der Waals surface area (Å²) in [5.41, 5.74) is 2.40. The van der Waals surface area contributed by atoms with Crippen molar-refractivity contribution in [3.05, 3.63) is 53.3 Å². The number of methoxy groups -OCH3 is 1. The van der Waals surface area contributed by atoms with E-state index < -0.39 is 0 Å². The van der Waals surface area contributed by atoms with Crippen molar-refractivity contribution in [2.24, 2.45) is 0 Å². The second-order valence-corrected chi connectivity index (χ2v) is 5.89. The molecule has 7 heteroatoms. The fourth-order valence-electron chi connectivity index (χ4n) is 3.10. The van der Waals surface area contributed by atoms with E-state index in [1.165, 1.54) is 17.3 Å². The molecule has 2 aromatic heterocycles. The molecule has 25 heavy (non-hydrogen) atoms. The summed E-state index contributed by atoms with van der Waals surface area (Å²) in [6.45, 7) is 0.373. The van der Waals surface area contributed by atoms with Gasteiger partial charge in [-0.1, -0.05) is 12.1 Å². The summed E-state index contributed by atoms with van der Waals surface area (Å²) in [6, 6.07) is 7.78. The largest absolute Gasteiger partial charge is 0.497 e. The first-order chi connectivity index (χ1) is 12.2. The number of hydrogen-bond acceptors (Lipinski definition) is 5. The van der Waals surface area contributed by atoms with E-state index in [-0.39, 0.29) is 11.8 Å². The molecule has 0 radical (unpaired) electrons. The van der Waals surface area contributed by atoms with Crippen LogP contribution in [-0.2, 0) is 6.42 Å². The lowest BCUT2D eigenvalue weighted by molar-refractivity contribution is 0.0653. The molecule has 0 fully saturated rings. The van der Waals surface area contributed by atoms with Gasteiger partial charge < -0.3 is 4.74 Å². The van der Waals surface area contributed by atoms with Crippen molar-refractivity contribution in [3.63, 3.8) is 0 Å². The number of aromatic nitrogens is 3. The third kappa shape index (κ3) is 2.53. The smallest absolute Gasteiger partial charge is 0.263 e. The van der Waals surface area contributed by atoms with E-state index in [1.807, 2.05) is 24.3 Å². The SMILES string of the molecule is COc1ccc(CCCN2C(=O)c3cnc4[nH]ncc4c3C2=O)cc1. The average molecular weight is 336 g/mol. The molecule has 126 valence electrons. The lowest BCUT2D eigenvalue weighted by Crippen LogP contribution is -2.31. The van der Waals surface area contributed by atoms with Crippen LogP contribution in [0.15, 0.2) is 36.7 Å². The third-order valence-corrected chi connectivity index (χ3v) is 4.42. The number of carbonyl (C=O) groups excluding carboxylic acids is 2. The maximum absolute atomic E-state index is 12.7. The van der Waals surface area contributed by atoms with Gasteiger partial charge in [0.15, 0.2) is 5.65 Å². The molecule has 3 heterocycles. The van der Waals surface area contributed by atoms with Gasteiger partial charge >= 0.3 is 0 Å². The number of carbonyl (C=O) groups is 2. The van der Waals surface area contributed by atoms with Gasteiger partial charge in [0, 0.05) is 12.7 Å². The van der Waals surface area contributed by atoms with Gasteiger partial charge in [-0.25, -0.2) is 4.98 Å². The Labute approximate surface area is 143 Å². The van der Waals surface area contributed by atoms with Crippen LogP contribution in [-0.4, -0.2) is 45.6 Å². The minimum Gasteiger partial charge on any atom is -0.497 e. The number of benzene rings is 1. The summed E-state index contributed by atoms with van der Waals surface area (Å²) in [7, 11) is 1.63. The van der Waals surface area contributed by atoms with Crippen molar-refractivity contribution >= 4 is 22.8 Å². The number of ether oxygens (including phenoxy) is 1. The average Bonchev–Trinajstić information content (AvgIpc) is 3.20. The second kappa shape index (κ2) is 6.01. The lowest BCUT2D eigenvalue weighted by Gasteiger charge is -2.13. The van der Waals surface area contributed by atoms with Gasteiger partial charge in [0.2, 0.25) is 0 Å². The van der Waals surface area contributed by atoms with E-state index in [2.05, 4.69) is 15.2 Å². The van der Waals surface area contributed by atoms with Crippen LogP contribution in [0.3, 0.4) is 0 Å². The molecule has 7 nitrogen and oxygen atoms in total. The highest BCUT2D eigenvalue weighted by Gasteiger charge is 2.37. The Morgan fingerprint density at radius 3 is 2.68 bits per heavy atom. The number of aromatic amines is 1. The van der Waals surface area contributed by atoms with E-state index in [1.54, 1.807) is 7.11 Å². The fourth-order valence-corrected chi connectivity index (χ4v) is 3.10. The number of amides is 2. The first-order valence-electron chi connectivity index (χ1n) is 8.00. The van der Waals surface area contributed by atoms with Crippen molar-refractivity contribution in [1.29, 1.82) is 0 Å². The molecule has 1 aliphatic rings. The Morgan fingerprint density at radius 1 is 1.12 bits per heavy atom. The standard InChI is InChI=1S/C18H16N4O3/c1-25-12-6-4-11(5-7-12)3-2-8-22-17(23)14-9-19-16-13(10-20-21-16)15(14)18(22)24/h4-7,9-10H,2-3,8H2,1H3,(H,19,20,21). The number of imide groups is 1. The van der Waals surface area contributed by atoms with E-state index in [9.17, 15) is 9.59 Å². The van der Waals surface area contributed by atoms with E-state index in [0.717, 1.165) is 17.7 Å². The molecule has 4 rings (SSSR count). The van der Waals surface area contributed by atoms with Crippen molar-refractivity contribution in [1.82, 2.24) is 20.1 Å². The Hall–Kier alpha value is -3.22. The van der Waals surface area contributed by atoms with Gasteiger partial charge in [0.05, 0.1) is 29.8 Å². The van der Waals surface area contributed by atoms with Crippen molar-refractivity contribution in [3.8, 4) is 5.75 Å². The Morgan fingerprint density at radius 2 is 1.92 bits per heavy atom. The summed E-state index contributed by atoms with van der Waals surface area (Å²) >= 11 is 0. The van der Waals surface area contributed by atoms with Crippen LogP contribution < -0.4 is 4.74 Å². The number of rotatable bonds is 5. The molecular weight excluding hydrogens is 320 g/mol. The maximum atomic E-state index is 12.7. The van der Waals surface area contributed by atoms with Crippen molar-refractivity contribution in [2.45, 2.75) is 12.8 Å². The van der Waals surface area contributed by atoms with Crippen LogP contribution >= 0.6 is 0 Å². The highest BCUT2D eigenvalue weighted by Crippen LogP contribution is 2.28. The molecule has 0 saturated carbocycles. The number of hydrogen-bond donors (Lipinski definition) is 1. The highest BCUT2D eigenvalue weighted by molar-refractivity contribution is 6.25. The first kappa shape index (κ1) is 15.3. The van der Waals surface area contributed by atoms with Gasteiger partial charge in [0.25, 0.3) is 11.8 Å². The van der Waals surface area contributed by atoms with Crippen LogP contribution in [0.25, 0.3) is 11.0 Å². The monoisotopic (exact) mass is 336 g/mol. The molecule has 2 amide bonds. The van der Waals surface area contributed by atoms with E-state index in [4.69, 9.17) is 4.74 Å². The molecule has 0 unspecified atom stereocenters. The molecule has 1 N–H and O–H groups in total. The number of H-pyrrole nitrogens is 1. The molecule has 0 spiro atoms. The fraction of sp³-hybridized carbons (Fsp3) is 0.222. The third-order valence-electron chi connectivity index (χ3n) is 4.42. The summed E-state index contributed by atoms with van der Waals surface area (Å²) in [5, 5.41) is 7.21. The maximum Gasteiger partial charge on any atom is 0.263 e. The van der Waals surface area contributed by atoms with Crippen LogP contribution in [0.1, 0.15) is 32.7 Å². The van der Waals surface area contributed by atoms with Crippen LogP contribution in [0.5, 0.6) is 5.75 Å². The van der Waals surface area contributed by atoms with Gasteiger partial charge in [-0.3, -0.25) is 19.6 Å². The predicted molar refractivity (Wildman–Crippen MR) is 90.6 cm³/mol. The summed E-state index contributed by atoms with van der Waals surface area (Å²) in [6.07, 6.45) is 4.45. The molecule has 3 aromatic rings. The zero-order valence-electron chi connectivity index (χ0n) is 13.7. The Bertz CT molecular complexity index is 962. The zero-order valence-corrected chi connectivity index (χ0v) is 13.7. The van der Waals surface area contributed by atoms with Crippen molar-refractivity contribution in [2.75, 3.05) is 13.7 Å². The van der Waals surface area contributed by atoms with Crippen LogP contribution in [0.4, 0.5) is 0 Å². The number of nitrogens with one attached hydrogen (secondary N) is 1. The topological polar surface area (TPSA) is 88.2 Å². The normalized spacial score (nSPS) is 13.6. The zero-order chi connectivity index (χ0) is 17.4. The predicted octanol–water partition coefficient (Wildman–Crippen LogP) is 2.20. The van der Waals surface area contributed by atoms with Crippen molar-refractivity contribution < 1.29 is 14.3 Å². The number of fused-ring (bicyclic) bond motifs is 3. The quantitative estimate of drug-likeness (QED) is 0.722. The molecule has 0 aliphatic carbocycles. The summed E-state index contributed by atoms with van der Waals surface area (Å²) in [5.74, 6) is 0.245. The first-order valence-corrected chi connectivity index (χ1v) is 8.00. The van der Waals surface area contributed by atoms with Gasteiger partial charge in [-0.15, -0.1) is 0 Å². The Kier molecular flexibility index (Phi) is 3.68. The minimum atomic E-state index is -0.287. The lowest BCUT2D eigenvalue weighted by atomic mass is 10.1. The minimum absolute atomic E-state index is 0.275. The molecular formula is C18H16N4O3. The van der Waals surface area contributed by atoms with Crippen LogP contribution in [0.2, 0.25) is 0 Å². The van der Waals surface area contributed by atoms with Gasteiger partial charge in [-0.05, 0) is 30.5 Å². The molecule has 0 saturated heterocycles. The summed E-state index contributed by atoms with van der Waals surface area (Å²) < 4.78 is 5.14. The molecule has 0 atom stereocenters. The van der Waals surface area contributed by atoms with Gasteiger partial charge in [0.1, 0.15) is 5.75 Å². The van der Waals surface area contributed by atoms with E-state index in [0.29, 0.717) is 35.1 Å². The number of aryl methyl sites for hydroxylation is 1. The highest BCUT2D eigenvalue weighted by atomic mass is 16.5. The second-order valence-electron chi connectivity index (χ2n) is 5.89. The number of nitrogens with zero attached hydrogens (tertiary/aromatic N) is 3. The molecule has 1 aromatic carbocycles. The molecule has 1 aliphatic heterocycles. The van der Waals surface area contributed by atoms with Gasteiger partial charge in [-0.2, -0.15) is 5.10 Å². The number of pyridine rings is 1.